The van der Waals surface area contributed by atoms with Crippen LogP contribution < -0.4 is 4.90 Å². The number of hydrogen-bond donors (Lipinski definition) is 1. The zero-order valence-electron chi connectivity index (χ0n) is 13.1. The number of benzene rings is 1. The fourth-order valence-corrected chi connectivity index (χ4v) is 2.92. The van der Waals surface area contributed by atoms with Gasteiger partial charge in [-0.1, -0.05) is 12.1 Å². The summed E-state index contributed by atoms with van der Waals surface area (Å²) in [6, 6.07) is 7.22. The molecular formula is C17H19N5O. The number of aromatic hydroxyl groups is 1. The molecule has 1 fully saturated rings. The van der Waals surface area contributed by atoms with Crippen LogP contribution in [-0.4, -0.2) is 57.6 Å². The van der Waals surface area contributed by atoms with Crippen molar-refractivity contribution < 1.29 is 5.11 Å². The fourth-order valence-electron chi connectivity index (χ4n) is 2.92. The maximum absolute atomic E-state index is 9.99. The van der Waals surface area contributed by atoms with Gasteiger partial charge in [-0.05, 0) is 19.2 Å². The van der Waals surface area contributed by atoms with Crippen molar-refractivity contribution in [1.82, 2.24) is 19.3 Å². The number of fused-ring (bicyclic) bond motifs is 1. The van der Waals surface area contributed by atoms with Crippen molar-refractivity contribution in [3.63, 3.8) is 0 Å². The average molecular weight is 309 g/mol. The van der Waals surface area contributed by atoms with Crippen LogP contribution in [0, 0.1) is 0 Å². The maximum Gasteiger partial charge on any atom is 0.234 e. The molecule has 0 unspecified atom stereocenters. The van der Waals surface area contributed by atoms with Crippen LogP contribution in [0.4, 0.5) is 5.69 Å². The van der Waals surface area contributed by atoms with Crippen molar-refractivity contribution in [2.45, 2.75) is 0 Å². The highest BCUT2D eigenvalue weighted by Gasteiger charge is 2.16. The van der Waals surface area contributed by atoms with E-state index in [1.807, 2.05) is 28.9 Å². The second-order valence-corrected chi connectivity index (χ2v) is 5.95. The minimum Gasteiger partial charge on any atom is -0.507 e. The lowest BCUT2D eigenvalue weighted by Gasteiger charge is -2.33. The summed E-state index contributed by atoms with van der Waals surface area (Å²) in [5.74, 6) is 0.872. The van der Waals surface area contributed by atoms with E-state index in [9.17, 15) is 5.11 Å². The highest BCUT2D eigenvalue weighted by molar-refractivity contribution is 5.68. The van der Waals surface area contributed by atoms with Gasteiger partial charge >= 0.3 is 0 Å². The van der Waals surface area contributed by atoms with Gasteiger partial charge in [0.2, 0.25) is 5.78 Å². The molecule has 1 aromatic carbocycles. The Kier molecular flexibility index (Phi) is 3.38. The van der Waals surface area contributed by atoms with Crippen LogP contribution in [0.3, 0.4) is 0 Å². The number of aromatic nitrogens is 3. The van der Waals surface area contributed by atoms with Crippen molar-refractivity contribution in [2.75, 3.05) is 38.1 Å². The smallest absolute Gasteiger partial charge is 0.234 e. The van der Waals surface area contributed by atoms with E-state index in [0.29, 0.717) is 5.78 Å². The molecule has 6 nitrogen and oxygen atoms in total. The van der Waals surface area contributed by atoms with Crippen LogP contribution in [-0.2, 0) is 0 Å². The number of piperazine rings is 1. The molecule has 118 valence electrons. The lowest BCUT2D eigenvalue weighted by molar-refractivity contribution is 0.312. The monoisotopic (exact) mass is 309 g/mol. The van der Waals surface area contributed by atoms with Gasteiger partial charge < -0.3 is 14.9 Å². The molecule has 3 heterocycles. The van der Waals surface area contributed by atoms with E-state index in [1.54, 1.807) is 12.1 Å². The number of likely N-dealkylation sites (N-methyl/N-ethyl adjacent to an activating group) is 1. The third kappa shape index (κ3) is 2.61. The lowest BCUT2D eigenvalue weighted by Crippen LogP contribution is -2.44. The van der Waals surface area contributed by atoms with Crippen molar-refractivity contribution in [3.05, 3.63) is 42.9 Å². The quantitative estimate of drug-likeness (QED) is 0.783. The lowest BCUT2D eigenvalue weighted by atomic mass is 10.1. The molecular weight excluding hydrogens is 290 g/mol. The van der Waals surface area contributed by atoms with Crippen molar-refractivity contribution in [3.8, 4) is 17.0 Å². The summed E-state index contributed by atoms with van der Waals surface area (Å²) in [5.41, 5.74) is 2.55. The van der Waals surface area contributed by atoms with Crippen molar-refractivity contribution >= 4 is 11.5 Å². The first kappa shape index (κ1) is 14.0. The first-order valence-corrected chi connectivity index (χ1v) is 7.77. The molecule has 2 aromatic heterocycles. The molecule has 0 radical (unpaired) electrons. The molecule has 23 heavy (non-hydrogen) atoms. The summed E-state index contributed by atoms with van der Waals surface area (Å²) in [6.45, 7) is 4.13. The minimum absolute atomic E-state index is 0.232. The summed E-state index contributed by atoms with van der Waals surface area (Å²) in [7, 11) is 2.15. The molecule has 1 aliphatic rings. The molecule has 3 aromatic rings. The van der Waals surface area contributed by atoms with Gasteiger partial charge in [0.15, 0.2) is 0 Å². The molecule has 0 aliphatic carbocycles. The predicted molar refractivity (Wildman–Crippen MR) is 89.8 cm³/mol. The predicted octanol–water partition coefficient (Wildman–Crippen LogP) is 1.85. The normalized spacial score (nSPS) is 16.1. The first-order valence-electron chi connectivity index (χ1n) is 7.77. The van der Waals surface area contributed by atoms with Gasteiger partial charge in [-0.15, -0.1) is 0 Å². The van der Waals surface area contributed by atoms with E-state index >= 15 is 0 Å². The van der Waals surface area contributed by atoms with Gasteiger partial charge in [-0.25, -0.2) is 9.97 Å². The third-order valence-corrected chi connectivity index (χ3v) is 4.34. The molecule has 0 amide bonds. The van der Waals surface area contributed by atoms with Crippen molar-refractivity contribution in [1.29, 1.82) is 0 Å². The van der Waals surface area contributed by atoms with E-state index in [-0.39, 0.29) is 5.75 Å². The van der Waals surface area contributed by atoms with Gasteiger partial charge in [-0.3, -0.25) is 4.40 Å². The number of phenols is 1. The molecule has 1 saturated heterocycles. The molecule has 0 atom stereocenters. The molecule has 6 heteroatoms. The second kappa shape index (κ2) is 5.55. The second-order valence-electron chi connectivity index (χ2n) is 5.95. The van der Waals surface area contributed by atoms with Gasteiger partial charge in [0.1, 0.15) is 5.75 Å². The number of anilines is 1. The number of phenolic OH excluding ortho intramolecular Hbond substituents is 1. The van der Waals surface area contributed by atoms with Gasteiger partial charge in [0, 0.05) is 44.1 Å². The Bertz CT molecular complexity index is 836. The van der Waals surface area contributed by atoms with Crippen molar-refractivity contribution in [2.24, 2.45) is 0 Å². The standard InChI is InChI=1S/C17H19N5O/c1-20-6-8-21(9-7-20)13-10-18-17-19-15(12-22(17)11-13)14-4-2-3-5-16(14)23/h2-5,10-12,23H,6-9H2,1H3. The highest BCUT2D eigenvalue weighted by atomic mass is 16.3. The SMILES string of the molecule is CN1CCN(c2cnc3nc(-c4ccccc4O)cn3c2)CC1. The van der Waals surface area contributed by atoms with Crippen LogP contribution in [0.1, 0.15) is 0 Å². The first-order chi connectivity index (χ1) is 11.2. The van der Waals surface area contributed by atoms with Gasteiger partial charge in [-0.2, -0.15) is 0 Å². The topological polar surface area (TPSA) is 56.9 Å². The van der Waals surface area contributed by atoms with E-state index < -0.39 is 0 Å². The summed E-state index contributed by atoms with van der Waals surface area (Å²) in [5, 5.41) is 9.99. The Balaban J connectivity index is 1.69. The summed E-state index contributed by atoms with van der Waals surface area (Å²) in [6.07, 6.45) is 5.85. The Morgan fingerprint density at radius 3 is 2.61 bits per heavy atom. The summed E-state index contributed by atoms with van der Waals surface area (Å²) in [4.78, 5) is 13.6. The van der Waals surface area contributed by atoms with E-state index in [0.717, 1.165) is 43.1 Å². The molecule has 4 rings (SSSR count). The van der Waals surface area contributed by atoms with Crippen LogP contribution in [0.5, 0.6) is 5.75 Å². The molecule has 0 bridgehead atoms. The number of imidazole rings is 1. The number of para-hydroxylation sites is 1. The number of rotatable bonds is 2. The maximum atomic E-state index is 9.99. The Morgan fingerprint density at radius 2 is 1.83 bits per heavy atom. The fraction of sp³-hybridized carbons (Fsp3) is 0.294. The Morgan fingerprint density at radius 1 is 1.04 bits per heavy atom. The van der Waals surface area contributed by atoms with E-state index in [1.165, 1.54) is 0 Å². The van der Waals surface area contributed by atoms with Gasteiger partial charge in [0.05, 0.1) is 17.6 Å². The Hall–Kier alpha value is -2.60. The van der Waals surface area contributed by atoms with Crippen LogP contribution in [0.25, 0.3) is 17.0 Å². The number of hydrogen-bond acceptors (Lipinski definition) is 5. The Labute approximate surface area is 134 Å². The van der Waals surface area contributed by atoms with Crippen LogP contribution >= 0.6 is 0 Å². The summed E-state index contributed by atoms with van der Waals surface area (Å²) >= 11 is 0. The largest absolute Gasteiger partial charge is 0.507 e. The van der Waals surface area contributed by atoms with E-state index in [2.05, 4.69) is 33.0 Å². The van der Waals surface area contributed by atoms with Crippen LogP contribution in [0.15, 0.2) is 42.9 Å². The summed E-state index contributed by atoms with van der Waals surface area (Å²) < 4.78 is 1.93. The zero-order chi connectivity index (χ0) is 15.8. The zero-order valence-corrected chi connectivity index (χ0v) is 13.1. The molecule has 1 N–H and O–H groups in total. The minimum atomic E-state index is 0.232. The molecule has 1 aliphatic heterocycles. The molecule has 0 spiro atoms. The molecule has 0 saturated carbocycles. The highest BCUT2D eigenvalue weighted by Crippen LogP contribution is 2.28. The average Bonchev–Trinajstić information content (AvgIpc) is 2.99. The number of nitrogens with zero attached hydrogens (tertiary/aromatic N) is 5. The van der Waals surface area contributed by atoms with Crippen LogP contribution in [0.2, 0.25) is 0 Å². The van der Waals surface area contributed by atoms with Gasteiger partial charge in [0.25, 0.3) is 0 Å². The third-order valence-electron chi connectivity index (χ3n) is 4.34. The van der Waals surface area contributed by atoms with E-state index in [4.69, 9.17) is 0 Å².